The van der Waals surface area contributed by atoms with E-state index in [4.69, 9.17) is 0 Å². The molecule has 1 aliphatic carbocycles. The van der Waals surface area contributed by atoms with Gasteiger partial charge in [0, 0.05) is 17.2 Å². The highest BCUT2D eigenvalue weighted by Gasteiger charge is 2.37. The maximum Gasteiger partial charge on any atom is 0.301 e. The number of nitrogens with zero attached hydrogens (tertiary/aromatic N) is 3. The Morgan fingerprint density at radius 3 is 2.41 bits per heavy atom. The van der Waals surface area contributed by atoms with E-state index in [0.29, 0.717) is 0 Å². The molecule has 8 heteroatoms. The molecule has 0 amide bonds. The summed E-state index contributed by atoms with van der Waals surface area (Å²) in [6.07, 6.45) is 4.36. The first kappa shape index (κ1) is 23.1. The second-order valence-electron chi connectivity index (χ2n) is 8.71. The number of nitrogens with one attached hydrogen (secondary N) is 1. The van der Waals surface area contributed by atoms with Crippen LogP contribution in [0.2, 0.25) is 0 Å². The van der Waals surface area contributed by atoms with Crippen LogP contribution < -0.4 is 5.43 Å². The van der Waals surface area contributed by atoms with Gasteiger partial charge in [-0.25, -0.2) is 0 Å². The number of benzene rings is 3. The van der Waals surface area contributed by atoms with Gasteiger partial charge in [0.25, 0.3) is 5.69 Å². The zero-order chi connectivity index (χ0) is 24.1. The summed E-state index contributed by atoms with van der Waals surface area (Å²) in [6, 6.07) is 22.2. The van der Waals surface area contributed by atoms with Crippen molar-refractivity contribution in [3.8, 4) is 0 Å². The molecule has 1 aliphatic rings. The molecule has 0 heterocycles. The van der Waals surface area contributed by atoms with Gasteiger partial charge >= 0.3 is 5.69 Å². The van der Waals surface area contributed by atoms with Crippen molar-refractivity contribution < 1.29 is 9.85 Å². The Balaban J connectivity index is 1.63. The highest BCUT2D eigenvalue weighted by Crippen LogP contribution is 2.39. The van der Waals surface area contributed by atoms with Crippen LogP contribution in [0.15, 0.2) is 77.9 Å². The van der Waals surface area contributed by atoms with Gasteiger partial charge in [-0.2, -0.15) is 5.10 Å². The van der Waals surface area contributed by atoms with E-state index in [-0.39, 0.29) is 22.5 Å². The molecule has 8 nitrogen and oxygen atoms in total. The van der Waals surface area contributed by atoms with Crippen LogP contribution in [-0.2, 0) is 18.3 Å². The van der Waals surface area contributed by atoms with Gasteiger partial charge in [-0.15, -0.1) is 0 Å². The first-order valence-electron chi connectivity index (χ1n) is 11.3. The van der Waals surface area contributed by atoms with Gasteiger partial charge in [-0.3, -0.25) is 25.7 Å². The van der Waals surface area contributed by atoms with Crippen molar-refractivity contribution in [3.05, 3.63) is 110 Å². The predicted octanol–water partition coefficient (Wildman–Crippen LogP) is 6.20. The molecule has 0 spiro atoms. The Bertz CT molecular complexity index is 1240. The average molecular weight is 459 g/mol. The third-order valence-electron chi connectivity index (χ3n) is 6.57. The number of non-ortho nitro benzene ring substituents is 1. The predicted molar refractivity (Wildman–Crippen MR) is 132 cm³/mol. The lowest BCUT2D eigenvalue weighted by molar-refractivity contribution is -0.393. The van der Waals surface area contributed by atoms with E-state index in [2.05, 4.69) is 41.7 Å². The van der Waals surface area contributed by atoms with E-state index in [9.17, 15) is 20.2 Å². The van der Waals surface area contributed by atoms with Gasteiger partial charge in [0.05, 0.1) is 15.9 Å². The smallest absolute Gasteiger partial charge is 0.272 e. The number of nitro benzene ring substituents is 2. The summed E-state index contributed by atoms with van der Waals surface area (Å²) in [5.74, 6) is 0. The monoisotopic (exact) mass is 458 g/mol. The van der Waals surface area contributed by atoms with E-state index in [1.165, 1.54) is 28.8 Å². The van der Waals surface area contributed by atoms with Crippen molar-refractivity contribution in [1.29, 1.82) is 0 Å². The highest BCUT2D eigenvalue weighted by atomic mass is 16.6. The van der Waals surface area contributed by atoms with Crippen molar-refractivity contribution in [3.63, 3.8) is 0 Å². The van der Waals surface area contributed by atoms with Crippen LogP contribution in [0.5, 0.6) is 0 Å². The first-order chi connectivity index (χ1) is 16.4. The normalized spacial score (nSPS) is 18.3. The molecule has 0 unspecified atom stereocenters. The number of hydrogen-bond acceptors (Lipinski definition) is 6. The lowest BCUT2D eigenvalue weighted by Crippen LogP contribution is -2.38. The van der Waals surface area contributed by atoms with Crippen molar-refractivity contribution in [2.75, 3.05) is 5.43 Å². The van der Waals surface area contributed by atoms with Gasteiger partial charge < -0.3 is 0 Å². The molecule has 1 atom stereocenters. The lowest BCUT2D eigenvalue weighted by Gasteiger charge is -2.37. The minimum absolute atomic E-state index is 0.133. The van der Waals surface area contributed by atoms with Gasteiger partial charge in [0.1, 0.15) is 5.69 Å². The molecule has 0 aliphatic heterocycles. The Kier molecular flexibility index (Phi) is 6.67. The number of aryl methyl sites for hydroxylation is 2. The average Bonchev–Trinajstić information content (AvgIpc) is 2.84. The largest absolute Gasteiger partial charge is 0.301 e. The van der Waals surface area contributed by atoms with Gasteiger partial charge in [0.2, 0.25) is 0 Å². The molecule has 34 heavy (non-hydrogen) atoms. The van der Waals surface area contributed by atoms with Crippen LogP contribution in [0.25, 0.3) is 0 Å². The summed E-state index contributed by atoms with van der Waals surface area (Å²) < 4.78 is 0. The Labute approximate surface area is 197 Å². The van der Waals surface area contributed by atoms with Crippen LogP contribution >= 0.6 is 0 Å². The SMILES string of the molecule is C[C@@]1(CCCc2ccccc2)/C(=N\Nc2ccc([N+](=O)[O-])cc2[N+](=O)[O-])CCc2ccccc21. The van der Waals surface area contributed by atoms with E-state index in [1.807, 2.05) is 30.3 Å². The van der Waals surface area contributed by atoms with Crippen LogP contribution in [0.1, 0.15) is 42.9 Å². The van der Waals surface area contributed by atoms with Gasteiger partial charge in [-0.05, 0) is 54.9 Å². The molecule has 0 aromatic heterocycles. The van der Waals surface area contributed by atoms with Gasteiger partial charge in [-0.1, -0.05) is 61.5 Å². The molecule has 3 aromatic rings. The quantitative estimate of drug-likeness (QED) is 0.319. The maximum atomic E-state index is 11.5. The standard InChI is InChI=1S/C26H26N4O4/c1-26(17-7-10-19-8-3-2-4-9-19)22-12-6-5-11-20(22)13-16-25(26)28-27-23-15-14-21(29(31)32)18-24(23)30(33)34/h2-6,8-9,11-12,14-15,18,27H,7,10,13,16-17H2,1H3/b28-25-/t26-/m0/s1. The summed E-state index contributed by atoms with van der Waals surface area (Å²) in [6.45, 7) is 2.18. The van der Waals surface area contributed by atoms with Crippen molar-refractivity contribution in [2.45, 2.75) is 44.4 Å². The number of hydrogen-bond donors (Lipinski definition) is 1. The number of fused-ring (bicyclic) bond motifs is 1. The van der Waals surface area contributed by atoms with Crippen molar-refractivity contribution >= 4 is 22.8 Å². The van der Waals surface area contributed by atoms with E-state index in [1.54, 1.807) is 0 Å². The topological polar surface area (TPSA) is 111 Å². The molecule has 0 saturated heterocycles. The van der Waals surface area contributed by atoms with Crippen LogP contribution in [0.3, 0.4) is 0 Å². The highest BCUT2D eigenvalue weighted by molar-refractivity contribution is 5.97. The zero-order valence-corrected chi connectivity index (χ0v) is 18.9. The molecular weight excluding hydrogens is 432 g/mol. The molecule has 0 radical (unpaired) electrons. The lowest BCUT2D eigenvalue weighted by atomic mass is 9.67. The molecule has 0 saturated carbocycles. The minimum Gasteiger partial charge on any atom is -0.272 e. The summed E-state index contributed by atoms with van der Waals surface area (Å²) in [7, 11) is 0. The van der Waals surface area contributed by atoms with Crippen LogP contribution in [0, 0.1) is 20.2 Å². The molecule has 3 aromatic carbocycles. The molecular formula is C26H26N4O4. The van der Waals surface area contributed by atoms with Crippen LogP contribution in [0.4, 0.5) is 17.1 Å². The Hall–Kier alpha value is -4.07. The van der Waals surface area contributed by atoms with Gasteiger partial charge in [0.15, 0.2) is 0 Å². The van der Waals surface area contributed by atoms with Crippen molar-refractivity contribution in [1.82, 2.24) is 0 Å². The molecule has 0 bridgehead atoms. The van der Waals surface area contributed by atoms with Crippen molar-refractivity contribution in [2.24, 2.45) is 5.10 Å². The third kappa shape index (κ3) is 4.80. The first-order valence-corrected chi connectivity index (χ1v) is 11.3. The van der Waals surface area contributed by atoms with E-state index in [0.717, 1.165) is 43.9 Å². The molecule has 0 fully saturated rings. The van der Waals surface area contributed by atoms with Crippen LogP contribution in [-0.4, -0.2) is 15.6 Å². The number of hydrazone groups is 1. The summed E-state index contributed by atoms with van der Waals surface area (Å²) in [5.41, 5.74) is 6.68. The summed E-state index contributed by atoms with van der Waals surface area (Å²) >= 11 is 0. The second kappa shape index (κ2) is 9.82. The number of rotatable bonds is 8. The summed E-state index contributed by atoms with van der Waals surface area (Å²) in [5, 5.41) is 27.2. The van der Waals surface area contributed by atoms with E-state index < -0.39 is 9.85 Å². The molecule has 4 rings (SSSR count). The maximum absolute atomic E-state index is 11.5. The summed E-state index contributed by atoms with van der Waals surface area (Å²) in [4.78, 5) is 21.3. The fourth-order valence-electron chi connectivity index (χ4n) is 4.72. The zero-order valence-electron chi connectivity index (χ0n) is 18.9. The Morgan fingerprint density at radius 2 is 1.68 bits per heavy atom. The molecule has 1 N–H and O–H groups in total. The van der Waals surface area contributed by atoms with E-state index >= 15 is 0 Å². The fraction of sp³-hybridized carbons (Fsp3) is 0.269. The Morgan fingerprint density at radius 1 is 0.941 bits per heavy atom. The number of nitro groups is 2. The third-order valence-corrected chi connectivity index (χ3v) is 6.57. The molecule has 174 valence electrons. The number of anilines is 1. The fourth-order valence-corrected chi connectivity index (χ4v) is 4.72. The second-order valence-corrected chi connectivity index (χ2v) is 8.71. The minimum atomic E-state index is -0.648.